The minimum absolute atomic E-state index is 0.0398. The molecular weight excluding hydrogens is 589 g/mol. The van der Waals surface area contributed by atoms with Crippen LogP contribution in [-0.2, 0) is 19.3 Å². The summed E-state index contributed by atoms with van der Waals surface area (Å²) in [6, 6.07) is 13.5. The second-order valence-electron chi connectivity index (χ2n) is 9.50. The molecule has 4 amide bonds. The van der Waals surface area contributed by atoms with Crippen molar-refractivity contribution in [2.75, 3.05) is 30.0 Å². The molecule has 1 aliphatic rings. The van der Waals surface area contributed by atoms with Crippen molar-refractivity contribution in [1.29, 1.82) is 0 Å². The molecule has 1 aromatic heterocycles. The van der Waals surface area contributed by atoms with Crippen molar-refractivity contribution < 1.29 is 23.4 Å². The Hall–Kier alpha value is -3.80. The summed E-state index contributed by atoms with van der Waals surface area (Å²) in [6.45, 7) is 2.41. The Morgan fingerprint density at radius 1 is 0.927 bits per heavy atom. The molecule has 1 saturated heterocycles. The number of likely N-dealkylation sites (tertiary alicyclic amines) is 1. The lowest BCUT2D eigenvalue weighted by molar-refractivity contribution is -0.132. The third-order valence-electron chi connectivity index (χ3n) is 6.55. The van der Waals surface area contributed by atoms with Crippen LogP contribution in [0.5, 0.6) is 0 Å². The maximum Gasteiger partial charge on any atom is 0.258 e. The highest BCUT2D eigenvalue weighted by atomic mass is 35.5. The third kappa shape index (κ3) is 7.69. The van der Waals surface area contributed by atoms with E-state index in [-0.39, 0.29) is 28.5 Å². The highest BCUT2D eigenvalue weighted by Gasteiger charge is 2.27. The molecule has 13 heteroatoms. The maximum absolute atomic E-state index is 13.3. The van der Waals surface area contributed by atoms with Crippen LogP contribution in [-0.4, -0.2) is 57.1 Å². The lowest BCUT2D eigenvalue weighted by Gasteiger charge is -2.29. The summed E-state index contributed by atoms with van der Waals surface area (Å²) in [4.78, 5) is 56.2. The summed E-state index contributed by atoms with van der Waals surface area (Å²) in [7, 11) is -3.06. The fourth-order valence-corrected chi connectivity index (χ4v) is 5.76. The van der Waals surface area contributed by atoms with Crippen molar-refractivity contribution in [1.82, 2.24) is 9.88 Å². The highest BCUT2D eigenvalue weighted by molar-refractivity contribution is 7.93. The van der Waals surface area contributed by atoms with E-state index >= 15 is 0 Å². The quantitative estimate of drug-likeness (QED) is 0.394. The van der Waals surface area contributed by atoms with E-state index in [1.807, 2.05) is 0 Å². The first kappa shape index (κ1) is 30.2. The van der Waals surface area contributed by atoms with Gasteiger partial charge in [-0.05, 0) is 67.4 Å². The second-order valence-corrected chi connectivity index (χ2v) is 12.6. The van der Waals surface area contributed by atoms with E-state index < -0.39 is 33.4 Å². The number of carbonyl (C=O) groups excluding carboxylic acids is 4. The average Bonchev–Trinajstić information content (AvgIpc) is 2.95. The van der Waals surface area contributed by atoms with Gasteiger partial charge < -0.3 is 15.5 Å². The summed E-state index contributed by atoms with van der Waals surface area (Å²) < 4.78 is 17.3. The van der Waals surface area contributed by atoms with Crippen molar-refractivity contribution >= 4 is 68.1 Å². The SMILES string of the molecule is CC(=O)N1CCC(C(=O)N=S(C)(=O)c2ccc(C(=O)Nc3ccc(Cl)cc3C(=O)Nc3ccc(Cl)cn3)cc2)CC1. The molecule has 0 aliphatic carbocycles. The number of amides is 4. The van der Waals surface area contributed by atoms with Crippen LogP contribution in [0.4, 0.5) is 11.5 Å². The molecule has 0 radical (unpaired) electrons. The smallest absolute Gasteiger partial charge is 0.258 e. The molecule has 10 nitrogen and oxygen atoms in total. The van der Waals surface area contributed by atoms with Gasteiger partial charge in [0.15, 0.2) is 0 Å². The molecule has 0 spiro atoms. The molecule has 214 valence electrons. The Bertz CT molecular complexity index is 1610. The van der Waals surface area contributed by atoms with E-state index in [0.29, 0.717) is 40.9 Å². The third-order valence-corrected chi connectivity index (χ3v) is 8.68. The minimum atomic E-state index is -3.06. The Morgan fingerprint density at radius 2 is 1.59 bits per heavy atom. The molecule has 2 N–H and O–H groups in total. The van der Waals surface area contributed by atoms with E-state index in [1.165, 1.54) is 67.9 Å². The number of hydrogen-bond donors (Lipinski definition) is 2. The monoisotopic (exact) mass is 615 g/mol. The van der Waals surface area contributed by atoms with Gasteiger partial charge in [-0.1, -0.05) is 23.2 Å². The summed E-state index contributed by atoms with van der Waals surface area (Å²) in [5.41, 5.74) is 0.556. The van der Waals surface area contributed by atoms with Gasteiger partial charge in [0.1, 0.15) is 5.82 Å². The predicted octanol–water partition coefficient (Wildman–Crippen LogP) is 5.13. The van der Waals surface area contributed by atoms with Gasteiger partial charge in [0.2, 0.25) is 5.91 Å². The highest BCUT2D eigenvalue weighted by Crippen LogP contribution is 2.24. The number of nitrogens with zero attached hydrogens (tertiary/aromatic N) is 3. The van der Waals surface area contributed by atoms with E-state index in [1.54, 1.807) is 11.0 Å². The molecule has 2 aromatic carbocycles. The zero-order valence-electron chi connectivity index (χ0n) is 22.2. The predicted molar refractivity (Wildman–Crippen MR) is 158 cm³/mol. The van der Waals surface area contributed by atoms with Gasteiger partial charge in [0.25, 0.3) is 17.7 Å². The van der Waals surface area contributed by atoms with Crippen molar-refractivity contribution in [2.24, 2.45) is 10.3 Å². The molecule has 4 rings (SSSR count). The normalized spacial score (nSPS) is 15.0. The lowest BCUT2D eigenvalue weighted by atomic mass is 9.96. The number of anilines is 2. The maximum atomic E-state index is 13.3. The average molecular weight is 617 g/mol. The first-order chi connectivity index (χ1) is 19.4. The summed E-state index contributed by atoms with van der Waals surface area (Å²) in [5, 5.41) is 6.03. The zero-order valence-corrected chi connectivity index (χ0v) is 24.6. The number of nitrogens with one attached hydrogen (secondary N) is 2. The number of benzene rings is 2. The first-order valence-electron chi connectivity index (χ1n) is 12.6. The van der Waals surface area contributed by atoms with Gasteiger partial charge in [-0.15, -0.1) is 0 Å². The van der Waals surface area contributed by atoms with Crippen LogP contribution in [0.2, 0.25) is 10.0 Å². The standard InChI is InChI=1S/C28H27Cl2N5O5S/c1-17(36)35-13-11-19(12-14-35)27(38)34-41(2,40)22-7-3-18(4-8-22)26(37)32-24-9-5-20(29)15-23(24)28(39)33-25-10-6-21(30)16-31-25/h3-10,15-16,19H,11-14H2,1-2H3,(H,32,37)(H,31,33,39). The van der Waals surface area contributed by atoms with Gasteiger partial charge in [-0.25, -0.2) is 9.19 Å². The van der Waals surface area contributed by atoms with Gasteiger partial charge in [-0.3, -0.25) is 19.2 Å². The number of hydrogen-bond acceptors (Lipinski definition) is 6. The largest absolute Gasteiger partial charge is 0.343 e. The Labute approximate surface area is 247 Å². The molecule has 0 saturated carbocycles. The molecule has 3 aromatic rings. The number of rotatable bonds is 6. The van der Waals surface area contributed by atoms with Crippen LogP contribution in [0, 0.1) is 5.92 Å². The van der Waals surface area contributed by atoms with Crippen LogP contribution in [0.25, 0.3) is 0 Å². The number of carbonyl (C=O) groups is 4. The van der Waals surface area contributed by atoms with Crippen LogP contribution >= 0.6 is 23.2 Å². The van der Waals surface area contributed by atoms with Crippen molar-refractivity contribution in [2.45, 2.75) is 24.7 Å². The van der Waals surface area contributed by atoms with Crippen molar-refractivity contribution in [3.05, 3.63) is 82.0 Å². The van der Waals surface area contributed by atoms with Gasteiger partial charge in [0.05, 0.1) is 26.0 Å². The number of halogens is 2. The summed E-state index contributed by atoms with van der Waals surface area (Å²) in [6.07, 6.45) is 3.70. The van der Waals surface area contributed by atoms with Crippen LogP contribution in [0.3, 0.4) is 0 Å². The second kappa shape index (κ2) is 12.8. The van der Waals surface area contributed by atoms with Crippen molar-refractivity contribution in [3.63, 3.8) is 0 Å². The first-order valence-corrected chi connectivity index (χ1v) is 15.3. The Balaban J connectivity index is 1.46. The molecular formula is C28H27Cl2N5O5S. The topological polar surface area (TPSA) is 138 Å². The zero-order chi connectivity index (χ0) is 29.7. The molecule has 0 bridgehead atoms. The van der Waals surface area contributed by atoms with E-state index in [9.17, 15) is 23.4 Å². The van der Waals surface area contributed by atoms with Crippen LogP contribution in [0.1, 0.15) is 40.5 Å². The van der Waals surface area contributed by atoms with Gasteiger partial charge in [-0.2, -0.15) is 4.36 Å². The van der Waals surface area contributed by atoms with Crippen molar-refractivity contribution in [3.8, 4) is 0 Å². The Morgan fingerprint density at radius 3 is 2.20 bits per heavy atom. The number of pyridine rings is 1. The molecule has 1 fully saturated rings. The van der Waals surface area contributed by atoms with Gasteiger partial charge in [0, 0.05) is 53.9 Å². The Kier molecular flexibility index (Phi) is 9.42. The van der Waals surface area contributed by atoms with Crippen LogP contribution < -0.4 is 10.6 Å². The summed E-state index contributed by atoms with van der Waals surface area (Å²) >= 11 is 11.9. The van der Waals surface area contributed by atoms with Crippen LogP contribution in [0.15, 0.2) is 70.1 Å². The molecule has 1 unspecified atom stereocenters. The molecule has 41 heavy (non-hydrogen) atoms. The summed E-state index contributed by atoms with van der Waals surface area (Å²) in [5.74, 6) is -1.69. The molecule has 1 atom stereocenters. The lowest BCUT2D eigenvalue weighted by Crippen LogP contribution is -2.38. The van der Waals surface area contributed by atoms with E-state index in [2.05, 4.69) is 20.0 Å². The molecule has 2 heterocycles. The van der Waals surface area contributed by atoms with E-state index in [4.69, 9.17) is 23.2 Å². The fourth-order valence-electron chi connectivity index (χ4n) is 4.24. The molecule has 1 aliphatic heterocycles. The minimum Gasteiger partial charge on any atom is -0.343 e. The van der Waals surface area contributed by atoms with E-state index in [0.717, 1.165) is 0 Å². The number of aromatic nitrogens is 1. The number of piperidine rings is 1. The van der Waals surface area contributed by atoms with Gasteiger partial charge >= 0.3 is 0 Å². The fraction of sp³-hybridized carbons (Fsp3) is 0.250.